The van der Waals surface area contributed by atoms with Crippen molar-refractivity contribution in [1.29, 1.82) is 0 Å². The van der Waals surface area contributed by atoms with Gasteiger partial charge >= 0.3 is 0 Å². The molecular formula is C22H18ClN3O2. The van der Waals surface area contributed by atoms with Crippen molar-refractivity contribution in [3.05, 3.63) is 89.6 Å². The molecule has 1 amide bonds. The van der Waals surface area contributed by atoms with Crippen molar-refractivity contribution in [2.75, 3.05) is 11.9 Å². The lowest BCUT2D eigenvalue weighted by molar-refractivity contribution is -0.118. The van der Waals surface area contributed by atoms with Gasteiger partial charge in [0.1, 0.15) is 5.75 Å². The van der Waals surface area contributed by atoms with Crippen LogP contribution in [0.5, 0.6) is 5.75 Å². The summed E-state index contributed by atoms with van der Waals surface area (Å²) in [6, 6.07) is 23.1. The van der Waals surface area contributed by atoms with Gasteiger partial charge in [0, 0.05) is 17.3 Å². The molecule has 0 saturated heterocycles. The third-order valence-corrected chi connectivity index (χ3v) is 4.66. The van der Waals surface area contributed by atoms with Crippen LogP contribution in [0.2, 0.25) is 5.02 Å². The Labute approximate surface area is 167 Å². The van der Waals surface area contributed by atoms with Gasteiger partial charge < -0.3 is 10.1 Å². The summed E-state index contributed by atoms with van der Waals surface area (Å²) >= 11 is 6.17. The Morgan fingerprint density at radius 3 is 2.64 bits per heavy atom. The average molecular weight is 392 g/mol. The Kier molecular flexibility index (Phi) is 5.26. The quantitative estimate of drug-likeness (QED) is 0.515. The van der Waals surface area contributed by atoms with E-state index in [0.717, 1.165) is 16.3 Å². The van der Waals surface area contributed by atoms with Crippen molar-refractivity contribution in [1.82, 2.24) is 9.78 Å². The third kappa shape index (κ3) is 4.32. The Bertz CT molecular complexity index is 1120. The zero-order valence-corrected chi connectivity index (χ0v) is 15.8. The van der Waals surface area contributed by atoms with E-state index in [1.54, 1.807) is 16.9 Å². The van der Waals surface area contributed by atoms with E-state index in [-0.39, 0.29) is 12.5 Å². The van der Waals surface area contributed by atoms with E-state index in [4.69, 9.17) is 16.3 Å². The maximum Gasteiger partial charge on any atom is 0.263 e. The molecule has 3 aromatic carbocycles. The average Bonchev–Trinajstić information content (AvgIpc) is 3.15. The molecule has 6 heteroatoms. The Morgan fingerprint density at radius 2 is 1.79 bits per heavy atom. The molecule has 0 atom stereocenters. The van der Waals surface area contributed by atoms with Gasteiger partial charge in [0.25, 0.3) is 5.91 Å². The summed E-state index contributed by atoms with van der Waals surface area (Å²) in [6.45, 7) is 0.443. The smallest absolute Gasteiger partial charge is 0.263 e. The number of halogens is 1. The number of carbonyl (C=O) groups is 1. The van der Waals surface area contributed by atoms with Gasteiger partial charge in [0.2, 0.25) is 0 Å². The number of carbonyl (C=O) groups excluding carboxylic acids is 1. The van der Waals surface area contributed by atoms with Crippen LogP contribution >= 0.6 is 11.6 Å². The summed E-state index contributed by atoms with van der Waals surface area (Å²) in [5.41, 5.74) is 0.963. The Balaban J connectivity index is 1.33. The molecule has 28 heavy (non-hydrogen) atoms. The summed E-state index contributed by atoms with van der Waals surface area (Å²) in [5.74, 6) is 0.855. The summed E-state index contributed by atoms with van der Waals surface area (Å²) in [5, 5.41) is 9.98. The molecule has 5 nitrogen and oxygen atoms in total. The lowest BCUT2D eigenvalue weighted by atomic mass is 10.1. The van der Waals surface area contributed by atoms with Crippen LogP contribution in [0.15, 0.2) is 79.0 Å². The summed E-state index contributed by atoms with van der Waals surface area (Å²) < 4.78 is 7.33. The van der Waals surface area contributed by atoms with Crippen LogP contribution in [0.1, 0.15) is 5.56 Å². The molecule has 0 radical (unpaired) electrons. The zero-order chi connectivity index (χ0) is 19.3. The van der Waals surface area contributed by atoms with E-state index in [1.165, 1.54) is 0 Å². The Hall–Kier alpha value is -3.31. The van der Waals surface area contributed by atoms with Gasteiger partial charge in [-0.25, -0.2) is 0 Å². The van der Waals surface area contributed by atoms with Gasteiger partial charge in [-0.1, -0.05) is 60.1 Å². The van der Waals surface area contributed by atoms with Crippen LogP contribution in [0, 0.1) is 0 Å². The van der Waals surface area contributed by atoms with Gasteiger partial charge in [-0.05, 0) is 34.5 Å². The monoisotopic (exact) mass is 391 g/mol. The molecule has 4 aromatic rings. The second kappa shape index (κ2) is 8.15. The molecule has 0 saturated carbocycles. The second-order valence-corrected chi connectivity index (χ2v) is 6.74. The number of fused-ring (bicyclic) bond motifs is 1. The normalized spacial score (nSPS) is 10.8. The molecule has 0 unspecified atom stereocenters. The molecule has 1 aromatic heterocycles. The van der Waals surface area contributed by atoms with E-state index >= 15 is 0 Å². The highest BCUT2D eigenvalue weighted by Crippen LogP contribution is 2.20. The molecule has 0 aliphatic carbocycles. The predicted molar refractivity (Wildman–Crippen MR) is 111 cm³/mol. The van der Waals surface area contributed by atoms with Crippen molar-refractivity contribution in [2.24, 2.45) is 0 Å². The van der Waals surface area contributed by atoms with Crippen LogP contribution in [0.25, 0.3) is 10.8 Å². The molecule has 1 N–H and O–H groups in total. The SMILES string of the molecule is O=C(COc1ccc2ccccc2c1)Nc1ccn(Cc2ccccc2Cl)n1. The first-order chi connectivity index (χ1) is 13.7. The summed E-state index contributed by atoms with van der Waals surface area (Å²) in [7, 11) is 0. The standard InChI is InChI=1S/C22H18ClN3O2/c23-20-8-4-3-7-18(20)14-26-12-11-21(25-26)24-22(27)15-28-19-10-9-16-5-1-2-6-17(16)13-19/h1-13H,14-15H2,(H,24,25,27). The Morgan fingerprint density at radius 1 is 1.00 bits per heavy atom. The molecule has 1 heterocycles. The summed E-state index contributed by atoms with van der Waals surface area (Å²) in [6.07, 6.45) is 1.79. The van der Waals surface area contributed by atoms with Gasteiger partial charge in [-0.2, -0.15) is 5.10 Å². The molecular weight excluding hydrogens is 374 g/mol. The fourth-order valence-electron chi connectivity index (χ4n) is 2.90. The van der Waals surface area contributed by atoms with Crippen LogP contribution in [0.3, 0.4) is 0 Å². The predicted octanol–water partition coefficient (Wildman–Crippen LogP) is 4.76. The minimum Gasteiger partial charge on any atom is -0.484 e. The van der Waals surface area contributed by atoms with Crippen molar-refractivity contribution in [3.63, 3.8) is 0 Å². The molecule has 4 rings (SSSR count). The van der Waals surface area contributed by atoms with Gasteiger partial charge in [0.05, 0.1) is 6.54 Å². The number of anilines is 1. The first-order valence-corrected chi connectivity index (χ1v) is 9.23. The number of aromatic nitrogens is 2. The van der Waals surface area contributed by atoms with Crippen LogP contribution in [-0.4, -0.2) is 22.3 Å². The summed E-state index contributed by atoms with van der Waals surface area (Å²) in [4.78, 5) is 12.2. The van der Waals surface area contributed by atoms with Crippen molar-refractivity contribution in [2.45, 2.75) is 6.54 Å². The van der Waals surface area contributed by atoms with Gasteiger partial charge in [0.15, 0.2) is 12.4 Å². The lowest BCUT2D eigenvalue weighted by Gasteiger charge is -2.07. The first-order valence-electron chi connectivity index (χ1n) is 8.86. The number of ether oxygens (including phenoxy) is 1. The van der Waals surface area contributed by atoms with E-state index in [0.29, 0.717) is 23.1 Å². The highest BCUT2D eigenvalue weighted by Gasteiger charge is 2.08. The maximum atomic E-state index is 12.2. The molecule has 0 aliphatic rings. The number of hydrogen-bond acceptors (Lipinski definition) is 3. The van der Waals surface area contributed by atoms with Crippen molar-refractivity contribution in [3.8, 4) is 5.75 Å². The highest BCUT2D eigenvalue weighted by molar-refractivity contribution is 6.31. The molecule has 0 spiro atoms. The fourth-order valence-corrected chi connectivity index (χ4v) is 3.10. The van der Waals surface area contributed by atoms with E-state index < -0.39 is 0 Å². The molecule has 0 fully saturated rings. The molecule has 0 bridgehead atoms. The minimum absolute atomic E-state index is 0.0876. The number of rotatable bonds is 6. The minimum atomic E-state index is -0.267. The van der Waals surface area contributed by atoms with E-state index in [1.807, 2.05) is 66.7 Å². The number of nitrogens with one attached hydrogen (secondary N) is 1. The van der Waals surface area contributed by atoms with Crippen LogP contribution in [0.4, 0.5) is 5.82 Å². The number of hydrogen-bond donors (Lipinski definition) is 1. The largest absolute Gasteiger partial charge is 0.484 e. The maximum absolute atomic E-state index is 12.2. The van der Waals surface area contributed by atoms with Gasteiger partial charge in [-0.3, -0.25) is 9.48 Å². The molecule has 140 valence electrons. The van der Waals surface area contributed by atoms with Crippen molar-refractivity contribution >= 4 is 34.1 Å². The number of amides is 1. The third-order valence-electron chi connectivity index (χ3n) is 4.29. The first kappa shape index (κ1) is 18.1. The number of nitrogens with zero attached hydrogens (tertiary/aromatic N) is 2. The van der Waals surface area contributed by atoms with E-state index in [9.17, 15) is 4.79 Å². The van der Waals surface area contributed by atoms with E-state index in [2.05, 4.69) is 10.4 Å². The topological polar surface area (TPSA) is 56.1 Å². The van der Waals surface area contributed by atoms with Gasteiger partial charge in [-0.15, -0.1) is 0 Å². The molecule has 0 aliphatic heterocycles. The number of benzene rings is 3. The highest BCUT2D eigenvalue weighted by atomic mass is 35.5. The zero-order valence-electron chi connectivity index (χ0n) is 15.0. The van der Waals surface area contributed by atoms with Crippen molar-refractivity contribution < 1.29 is 9.53 Å². The fraction of sp³-hybridized carbons (Fsp3) is 0.0909. The lowest BCUT2D eigenvalue weighted by Crippen LogP contribution is -2.20. The van der Waals surface area contributed by atoms with Crippen LogP contribution in [-0.2, 0) is 11.3 Å². The second-order valence-electron chi connectivity index (χ2n) is 6.34. The van der Waals surface area contributed by atoms with Crippen LogP contribution < -0.4 is 10.1 Å².